The summed E-state index contributed by atoms with van der Waals surface area (Å²) in [6, 6.07) is 13.3. The van der Waals surface area contributed by atoms with Crippen molar-refractivity contribution in [2.24, 2.45) is 0 Å². The van der Waals surface area contributed by atoms with E-state index >= 15 is 0 Å². The molecular weight excluding hydrogens is 1190 g/mol. The van der Waals surface area contributed by atoms with Crippen LogP contribution in [0.4, 0.5) is 11.9 Å². The van der Waals surface area contributed by atoms with Crippen LogP contribution >= 0.6 is 15.2 Å². The molecule has 6 aromatic rings. The number of benzene rings is 2. The van der Waals surface area contributed by atoms with Gasteiger partial charge in [-0.05, 0) is 24.3 Å². The lowest BCUT2D eigenvalue weighted by Crippen LogP contribution is -2.14. The lowest BCUT2D eigenvalue weighted by atomic mass is 10.0. The minimum absolute atomic E-state index is 0.00332. The summed E-state index contributed by atoms with van der Waals surface area (Å²) in [5.74, 6) is 0.456. The zero-order valence-electron chi connectivity index (χ0n) is 54.5. The van der Waals surface area contributed by atoms with Crippen LogP contribution in [0.25, 0.3) is 33.1 Å². The fraction of sp³-hybridized carbons (Fsp3) is 0.697. The summed E-state index contributed by atoms with van der Waals surface area (Å²) in [4.78, 5) is 55.0. The van der Waals surface area contributed by atoms with Gasteiger partial charge in [0.15, 0.2) is 28.7 Å². The summed E-state index contributed by atoms with van der Waals surface area (Å²) in [6.07, 6.45) is 44.8. The first kappa shape index (κ1) is 75.7. The fourth-order valence-electron chi connectivity index (χ4n) is 10.7. The smallest absolute Gasteiger partial charge is 0.404 e. The molecule has 0 aliphatic carbocycles. The van der Waals surface area contributed by atoms with Crippen molar-refractivity contribution < 1.29 is 46.5 Å². The topological polar surface area (TPSA) is 298 Å². The number of aromatic nitrogens is 8. The highest BCUT2D eigenvalue weighted by atomic mass is 31.2. The monoisotopic (exact) mass is 1300 g/mol. The van der Waals surface area contributed by atoms with E-state index < -0.39 is 32.7 Å². The van der Waals surface area contributed by atoms with Gasteiger partial charge in [-0.2, -0.15) is 9.97 Å². The van der Waals surface area contributed by atoms with Gasteiger partial charge in [0.2, 0.25) is 11.9 Å². The van der Waals surface area contributed by atoms with E-state index in [-0.39, 0.29) is 68.9 Å². The predicted octanol–water partition coefficient (Wildman–Crippen LogP) is 15.6. The number of imidazole rings is 2. The van der Waals surface area contributed by atoms with Crippen molar-refractivity contribution in [1.82, 2.24) is 39.0 Å². The second-order valence-corrected chi connectivity index (χ2v) is 27.2. The maximum absolute atomic E-state index is 14.0. The van der Waals surface area contributed by atoms with Crippen LogP contribution in [0.3, 0.4) is 0 Å². The van der Waals surface area contributed by atoms with Gasteiger partial charge >= 0.3 is 15.2 Å². The van der Waals surface area contributed by atoms with Crippen LogP contribution in [0, 0.1) is 0 Å². The lowest BCUT2D eigenvalue weighted by Gasteiger charge is -2.20. The number of anilines is 2. The van der Waals surface area contributed by atoms with Crippen LogP contribution in [-0.4, -0.2) is 109 Å². The first-order valence-corrected chi connectivity index (χ1v) is 37.5. The third-order valence-electron chi connectivity index (χ3n) is 15.8. The number of nitrogens with zero attached hydrogens (tertiary/aromatic N) is 6. The van der Waals surface area contributed by atoms with Crippen molar-refractivity contribution in [2.45, 2.75) is 232 Å². The summed E-state index contributed by atoms with van der Waals surface area (Å²) in [5, 5.41) is 1.80. The van der Waals surface area contributed by atoms with Crippen LogP contribution in [0.2, 0.25) is 0 Å². The van der Waals surface area contributed by atoms with Gasteiger partial charge in [-0.15, -0.1) is 0 Å². The Labute approximate surface area is 534 Å². The van der Waals surface area contributed by atoms with E-state index in [1.54, 1.807) is 15.2 Å². The van der Waals surface area contributed by atoms with Crippen LogP contribution in [0.5, 0.6) is 5.75 Å². The first-order valence-electron chi connectivity index (χ1n) is 34.0. The maximum Gasteiger partial charge on any atom is 0.404 e. The number of aromatic amines is 2. The Balaban J connectivity index is 0.000000336. The predicted molar refractivity (Wildman–Crippen MR) is 361 cm³/mol. The maximum atomic E-state index is 14.0. The number of hydrogen-bond donors (Lipinski definition) is 5. The molecule has 0 saturated heterocycles. The molecule has 0 fully saturated rings. The molecule has 506 valence electrons. The third-order valence-corrected chi connectivity index (χ3v) is 18.4. The zero-order chi connectivity index (χ0) is 64.2. The Morgan fingerprint density at radius 1 is 0.456 bits per heavy atom. The van der Waals surface area contributed by atoms with Crippen LogP contribution < -0.4 is 27.1 Å². The molecule has 0 aliphatic heterocycles. The normalized spacial score (nSPS) is 13.1. The molecule has 0 saturated carbocycles. The molecule has 0 aliphatic rings. The molecule has 0 spiro atoms. The fourth-order valence-corrected chi connectivity index (χ4v) is 12.8. The molecular formula is C66H110N10O12P2. The molecule has 0 radical (unpaired) electrons. The van der Waals surface area contributed by atoms with Crippen molar-refractivity contribution in [3.05, 3.63) is 75.8 Å². The number of nitrogens with one attached hydrogen (secondary N) is 2. The standard InChI is InChI=1S/C38H58N5O6P.C28H52N5O6P/c1-2-3-4-5-6-7-8-9-10-11-12-13-14-15-16-19-26-46-28-29-48-50(45,49-34-24-20-22-32-21-17-18-23-33(32)34)31-47-27-25-43-30-40-35-36(43)41-38(39)42-37(35)44;1-2-3-4-5-6-7-8-9-10-11-12-13-14-15-16-17-19-37-21-22-39-40(35,36)24-38-20-18-33-23-30-25-26(33)31-28(29)32-27(25)34/h17-18,20-24,30H,2-16,19,25-29,31H2,1H3,(H3,39,41,42,44);23H,2-22,24H2,1H3,(H,35,36)(H3,29,31,32,34). The highest BCUT2D eigenvalue weighted by molar-refractivity contribution is 7.54. The largest absolute Gasteiger partial charge is 0.422 e. The van der Waals surface area contributed by atoms with E-state index in [9.17, 15) is 23.6 Å². The van der Waals surface area contributed by atoms with E-state index in [0.29, 0.717) is 43.4 Å². The molecule has 0 amide bonds. The number of unbranched alkanes of at least 4 members (excludes halogenated alkanes) is 30. The summed E-state index contributed by atoms with van der Waals surface area (Å²) in [6.45, 7) is 7.42. The highest BCUT2D eigenvalue weighted by Crippen LogP contribution is 2.50. The Morgan fingerprint density at radius 2 is 0.844 bits per heavy atom. The SMILES string of the molecule is CCCCCCCCCCCCCCCCCCOCCOP(=O)(COCCn1cnc2c(=O)[nH]c(N)nc21)Oc1cccc2ccccc12.CCCCCCCCCCCCCCCCCCOCCOP(=O)(O)COCCn1cnc2c(=O)[nH]c(N)nc21. The molecule has 22 nitrogen and oxygen atoms in total. The Kier molecular flexibility index (Phi) is 38.8. The number of nitrogens with two attached hydrogens (primary N) is 2. The average Bonchev–Trinajstić information content (AvgIpc) is 1.68. The molecule has 90 heavy (non-hydrogen) atoms. The Bertz CT molecular complexity index is 3060. The number of fused-ring (bicyclic) bond motifs is 3. The van der Waals surface area contributed by atoms with Crippen LogP contribution in [0.1, 0.15) is 219 Å². The summed E-state index contributed by atoms with van der Waals surface area (Å²) in [5.41, 5.74) is 11.5. The van der Waals surface area contributed by atoms with E-state index in [1.807, 2.05) is 36.4 Å². The summed E-state index contributed by atoms with van der Waals surface area (Å²) < 4.78 is 68.8. The van der Waals surface area contributed by atoms with Crippen molar-refractivity contribution in [3.8, 4) is 5.75 Å². The van der Waals surface area contributed by atoms with E-state index in [1.165, 1.54) is 192 Å². The van der Waals surface area contributed by atoms with Gasteiger partial charge < -0.3 is 53.5 Å². The molecule has 4 heterocycles. The number of H-pyrrole nitrogens is 2. The van der Waals surface area contributed by atoms with Crippen molar-refractivity contribution in [1.29, 1.82) is 0 Å². The molecule has 6 rings (SSSR count). The number of rotatable bonds is 54. The zero-order valence-corrected chi connectivity index (χ0v) is 56.3. The first-order chi connectivity index (χ1) is 43.9. The number of nitrogen functional groups attached to an aromatic ring is 2. The van der Waals surface area contributed by atoms with Gasteiger partial charge in [-0.1, -0.05) is 243 Å². The second-order valence-electron chi connectivity index (χ2n) is 23.5. The minimum Gasteiger partial charge on any atom is -0.422 e. The van der Waals surface area contributed by atoms with Crippen molar-refractivity contribution in [2.75, 3.05) is 77.0 Å². The quantitative estimate of drug-likeness (QED) is 0.0175. The second kappa shape index (κ2) is 46.1. The van der Waals surface area contributed by atoms with Gasteiger partial charge in [0, 0.05) is 31.7 Å². The summed E-state index contributed by atoms with van der Waals surface area (Å²) in [7, 11) is -7.60. The van der Waals surface area contributed by atoms with Crippen molar-refractivity contribution in [3.63, 3.8) is 0 Å². The van der Waals surface area contributed by atoms with E-state index in [2.05, 4.69) is 43.8 Å². The van der Waals surface area contributed by atoms with Gasteiger partial charge in [0.1, 0.15) is 12.1 Å². The average molecular weight is 1300 g/mol. The van der Waals surface area contributed by atoms with E-state index in [4.69, 9.17) is 44.0 Å². The summed E-state index contributed by atoms with van der Waals surface area (Å²) >= 11 is 0. The van der Waals surface area contributed by atoms with Crippen LogP contribution in [0.15, 0.2) is 64.7 Å². The van der Waals surface area contributed by atoms with Crippen molar-refractivity contribution >= 4 is 60.2 Å². The minimum atomic E-state index is -3.87. The Morgan fingerprint density at radius 3 is 1.29 bits per heavy atom. The van der Waals surface area contributed by atoms with Crippen LogP contribution in [-0.2, 0) is 50.2 Å². The molecule has 24 heteroatoms. The third kappa shape index (κ3) is 31.5. The van der Waals surface area contributed by atoms with Gasteiger partial charge in [0.25, 0.3) is 11.1 Å². The van der Waals surface area contributed by atoms with Gasteiger partial charge in [-0.3, -0.25) is 28.6 Å². The molecule has 2 unspecified atom stereocenters. The lowest BCUT2D eigenvalue weighted by molar-refractivity contribution is 0.0841. The van der Waals surface area contributed by atoms with Gasteiger partial charge in [-0.25, -0.2) is 14.5 Å². The molecule has 7 N–H and O–H groups in total. The van der Waals surface area contributed by atoms with Gasteiger partial charge in [0.05, 0.1) is 52.3 Å². The molecule has 2 aromatic carbocycles. The van der Waals surface area contributed by atoms with E-state index in [0.717, 1.165) is 36.5 Å². The number of hydrogen-bond acceptors (Lipinski definition) is 17. The Hall–Kier alpha value is -5.02. The number of ether oxygens (including phenoxy) is 4. The molecule has 4 aromatic heterocycles. The highest BCUT2D eigenvalue weighted by Gasteiger charge is 2.28. The molecule has 2 atom stereocenters. The molecule has 0 bridgehead atoms.